The highest BCUT2D eigenvalue weighted by atomic mass is 32.1. The molecular weight excluding hydrogens is 438 g/mol. The van der Waals surface area contributed by atoms with Crippen LogP contribution in [0.1, 0.15) is 96.5 Å². The second kappa shape index (κ2) is 11.0. The number of hydrogen-bond acceptors (Lipinski definition) is 4. The van der Waals surface area contributed by atoms with Crippen LogP contribution < -0.4 is 0 Å². The average molecular weight is 476 g/mol. The molecule has 2 aliphatic rings. The van der Waals surface area contributed by atoms with Gasteiger partial charge in [0.1, 0.15) is 5.75 Å². The number of unbranched alkanes of at least 4 members (excludes halogenated alkanes) is 1. The number of ketones is 1. The van der Waals surface area contributed by atoms with E-state index in [1.807, 2.05) is 24.3 Å². The molecule has 4 heteroatoms. The van der Waals surface area contributed by atoms with Crippen LogP contribution in [0.5, 0.6) is 5.75 Å². The van der Waals surface area contributed by atoms with Gasteiger partial charge in [-0.05, 0) is 94.3 Å². The first-order valence-electron chi connectivity index (χ1n) is 13.3. The molecule has 0 amide bonds. The standard InChI is InChI=1S/C30H37NO2S/c32-25-16-17-26-27(21-25)34-30(24-10-3-1-4-11-24)28(26)29(33)23-14-12-22(13-15-23)9-5-8-20-31-18-6-2-7-19-31/h12-17,21,24,32H,1-11,18-20H2. The molecule has 0 radical (unpaired) electrons. The minimum atomic E-state index is 0.133. The Bertz CT molecular complexity index is 1100. The van der Waals surface area contributed by atoms with Crippen molar-refractivity contribution in [2.24, 2.45) is 0 Å². The van der Waals surface area contributed by atoms with Crippen LogP contribution in [0.3, 0.4) is 0 Å². The Balaban J connectivity index is 1.29. The van der Waals surface area contributed by atoms with Gasteiger partial charge in [0.05, 0.1) is 0 Å². The number of rotatable bonds is 8. The number of aryl methyl sites for hydroxylation is 1. The van der Waals surface area contributed by atoms with Crippen LogP contribution in [0, 0.1) is 0 Å². The third-order valence-corrected chi connectivity index (χ3v) is 9.07. The number of piperidine rings is 1. The Morgan fingerprint density at radius 3 is 2.41 bits per heavy atom. The predicted octanol–water partition coefficient (Wildman–Crippen LogP) is 7.69. The molecule has 5 rings (SSSR count). The Kier molecular flexibility index (Phi) is 7.66. The number of fused-ring (bicyclic) bond motifs is 1. The first kappa shape index (κ1) is 23.6. The smallest absolute Gasteiger partial charge is 0.194 e. The molecule has 2 fully saturated rings. The van der Waals surface area contributed by atoms with E-state index in [1.54, 1.807) is 17.4 Å². The molecule has 1 N–H and O–H groups in total. The van der Waals surface area contributed by atoms with E-state index < -0.39 is 0 Å². The fraction of sp³-hybridized carbons (Fsp3) is 0.500. The van der Waals surface area contributed by atoms with E-state index in [4.69, 9.17) is 0 Å². The number of carbonyl (C=O) groups is 1. The minimum Gasteiger partial charge on any atom is -0.508 e. The molecule has 2 heterocycles. The van der Waals surface area contributed by atoms with Gasteiger partial charge in [-0.2, -0.15) is 0 Å². The summed E-state index contributed by atoms with van der Waals surface area (Å²) >= 11 is 1.71. The highest BCUT2D eigenvalue weighted by molar-refractivity contribution is 7.19. The SMILES string of the molecule is O=C(c1ccc(CCCCN2CCCCC2)cc1)c1c(C2CCCCC2)sc2cc(O)ccc12. The topological polar surface area (TPSA) is 40.5 Å². The number of phenols is 1. The van der Waals surface area contributed by atoms with Gasteiger partial charge in [-0.3, -0.25) is 4.79 Å². The van der Waals surface area contributed by atoms with Gasteiger partial charge in [0.15, 0.2) is 5.78 Å². The van der Waals surface area contributed by atoms with Gasteiger partial charge >= 0.3 is 0 Å². The zero-order valence-electron chi connectivity index (χ0n) is 20.2. The number of aromatic hydroxyl groups is 1. The monoisotopic (exact) mass is 475 g/mol. The third-order valence-electron chi connectivity index (χ3n) is 7.76. The van der Waals surface area contributed by atoms with Crippen molar-refractivity contribution in [3.8, 4) is 5.75 Å². The van der Waals surface area contributed by atoms with Crippen LogP contribution >= 0.6 is 11.3 Å². The quantitative estimate of drug-likeness (QED) is 0.268. The van der Waals surface area contributed by atoms with E-state index in [-0.39, 0.29) is 11.5 Å². The minimum absolute atomic E-state index is 0.133. The molecule has 2 aromatic carbocycles. The lowest BCUT2D eigenvalue weighted by Crippen LogP contribution is -2.30. The predicted molar refractivity (Wildman–Crippen MR) is 142 cm³/mol. The molecule has 0 unspecified atom stereocenters. The highest BCUT2D eigenvalue weighted by Crippen LogP contribution is 2.44. The summed E-state index contributed by atoms with van der Waals surface area (Å²) in [7, 11) is 0. The number of carbonyl (C=O) groups excluding carboxylic acids is 1. The first-order valence-corrected chi connectivity index (χ1v) is 14.1. The van der Waals surface area contributed by atoms with Crippen LogP contribution in [0.2, 0.25) is 0 Å². The molecule has 180 valence electrons. The summed E-state index contributed by atoms with van der Waals surface area (Å²) in [6.45, 7) is 3.77. The number of likely N-dealkylation sites (tertiary alicyclic amines) is 1. The molecular formula is C30H37NO2S. The zero-order valence-corrected chi connectivity index (χ0v) is 21.0. The summed E-state index contributed by atoms with van der Waals surface area (Å²) in [6, 6.07) is 13.8. The third kappa shape index (κ3) is 5.39. The number of benzene rings is 2. The molecule has 3 aromatic rings. The van der Waals surface area contributed by atoms with Crippen LogP contribution in [0.4, 0.5) is 0 Å². The Labute approximate surface area is 207 Å². The van der Waals surface area contributed by atoms with E-state index in [1.165, 1.54) is 81.4 Å². The van der Waals surface area contributed by atoms with Crippen LogP contribution in [-0.4, -0.2) is 35.4 Å². The zero-order chi connectivity index (χ0) is 23.3. The van der Waals surface area contributed by atoms with Crippen molar-refractivity contribution in [1.82, 2.24) is 4.90 Å². The van der Waals surface area contributed by atoms with Crippen molar-refractivity contribution >= 4 is 27.2 Å². The molecule has 1 aromatic heterocycles. The van der Waals surface area contributed by atoms with Crippen molar-refractivity contribution in [3.05, 3.63) is 64.0 Å². The van der Waals surface area contributed by atoms with Gasteiger partial charge < -0.3 is 10.0 Å². The van der Waals surface area contributed by atoms with E-state index in [0.29, 0.717) is 5.92 Å². The van der Waals surface area contributed by atoms with Crippen LogP contribution in [0.15, 0.2) is 42.5 Å². The van der Waals surface area contributed by atoms with Crippen molar-refractivity contribution in [1.29, 1.82) is 0 Å². The van der Waals surface area contributed by atoms with Gasteiger partial charge in [-0.15, -0.1) is 11.3 Å². The summed E-state index contributed by atoms with van der Waals surface area (Å²) in [4.78, 5) is 17.6. The van der Waals surface area contributed by atoms with Crippen molar-refractivity contribution in [2.75, 3.05) is 19.6 Å². The van der Waals surface area contributed by atoms with E-state index in [9.17, 15) is 9.90 Å². The summed E-state index contributed by atoms with van der Waals surface area (Å²) in [6.07, 6.45) is 13.7. The van der Waals surface area contributed by atoms with Crippen LogP contribution in [-0.2, 0) is 6.42 Å². The maximum absolute atomic E-state index is 13.8. The lowest BCUT2D eigenvalue weighted by atomic mass is 9.85. The molecule has 34 heavy (non-hydrogen) atoms. The Morgan fingerprint density at radius 1 is 0.912 bits per heavy atom. The van der Waals surface area contributed by atoms with E-state index in [0.717, 1.165) is 40.5 Å². The van der Waals surface area contributed by atoms with Crippen molar-refractivity contribution in [2.45, 2.75) is 76.5 Å². The number of phenolic OH excluding ortho intramolecular Hbond substituents is 1. The normalized spacial score (nSPS) is 17.9. The molecule has 0 atom stereocenters. The van der Waals surface area contributed by atoms with Gasteiger partial charge in [0, 0.05) is 26.1 Å². The summed E-state index contributed by atoms with van der Waals surface area (Å²) < 4.78 is 1.02. The van der Waals surface area contributed by atoms with Crippen LogP contribution in [0.25, 0.3) is 10.1 Å². The van der Waals surface area contributed by atoms with Crippen molar-refractivity contribution in [3.63, 3.8) is 0 Å². The Morgan fingerprint density at radius 2 is 1.65 bits per heavy atom. The fourth-order valence-electron chi connectivity index (χ4n) is 5.81. The van der Waals surface area contributed by atoms with Gasteiger partial charge in [-0.25, -0.2) is 0 Å². The number of nitrogens with zero attached hydrogens (tertiary/aromatic N) is 1. The average Bonchev–Trinajstić information content (AvgIpc) is 3.26. The maximum atomic E-state index is 13.8. The lowest BCUT2D eigenvalue weighted by Gasteiger charge is -2.26. The molecule has 3 nitrogen and oxygen atoms in total. The van der Waals surface area contributed by atoms with Gasteiger partial charge in [0.2, 0.25) is 0 Å². The number of hydrogen-bond donors (Lipinski definition) is 1. The van der Waals surface area contributed by atoms with E-state index in [2.05, 4.69) is 17.0 Å². The fourth-order valence-corrected chi connectivity index (χ4v) is 7.21. The Hall–Kier alpha value is -2.17. The summed E-state index contributed by atoms with van der Waals surface area (Å²) in [5, 5.41) is 11.0. The van der Waals surface area contributed by atoms with Crippen molar-refractivity contribution < 1.29 is 9.90 Å². The largest absolute Gasteiger partial charge is 0.508 e. The van der Waals surface area contributed by atoms with E-state index >= 15 is 0 Å². The summed E-state index contributed by atoms with van der Waals surface area (Å²) in [5.74, 6) is 0.869. The second-order valence-corrected chi connectivity index (χ2v) is 11.3. The van der Waals surface area contributed by atoms with Gasteiger partial charge in [0.25, 0.3) is 0 Å². The first-order chi connectivity index (χ1) is 16.7. The molecule has 0 spiro atoms. The second-order valence-electron chi connectivity index (χ2n) is 10.2. The maximum Gasteiger partial charge on any atom is 0.194 e. The van der Waals surface area contributed by atoms with Gasteiger partial charge in [-0.1, -0.05) is 49.9 Å². The number of thiophene rings is 1. The highest BCUT2D eigenvalue weighted by Gasteiger charge is 2.27. The molecule has 1 aliphatic carbocycles. The summed E-state index contributed by atoms with van der Waals surface area (Å²) in [5.41, 5.74) is 2.98. The molecule has 1 saturated heterocycles. The molecule has 1 saturated carbocycles. The lowest BCUT2D eigenvalue weighted by molar-refractivity contribution is 0.103. The molecule has 1 aliphatic heterocycles. The molecule has 0 bridgehead atoms.